The van der Waals surface area contributed by atoms with Crippen molar-refractivity contribution in [1.29, 1.82) is 5.26 Å². The molecule has 0 N–H and O–H groups in total. The standard InChI is InChI=1S/C10H6N2O2/c11-8-10-5-2-1-4-9(10)6-3-7-12(13)14/h1-2,4-5H,7H2. The van der Waals surface area contributed by atoms with Crippen LogP contribution in [0.3, 0.4) is 0 Å². The van der Waals surface area contributed by atoms with Crippen LogP contribution in [0.2, 0.25) is 0 Å². The van der Waals surface area contributed by atoms with Gasteiger partial charge < -0.3 is 0 Å². The molecular formula is C10H6N2O2. The summed E-state index contributed by atoms with van der Waals surface area (Å²) in [5.74, 6) is 4.96. The van der Waals surface area contributed by atoms with Crippen LogP contribution in [0, 0.1) is 33.3 Å². The molecule has 0 saturated heterocycles. The Labute approximate surface area is 80.9 Å². The van der Waals surface area contributed by atoms with Gasteiger partial charge in [0.15, 0.2) is 0 Å². The molecule has 0 radical (unpaired) electrons. The van der Waals surface area contributed by atoms with Gasteiger partial charge in [0.2, 0.25) is 0 Å². The minimum absolute atomic E-state index is 0.403. The van der Waals surface area contributed by atoms with Crippen LogP contribution in [0.15, 0.2) is 24.3 Å². The zero-order chi connectivity index (χ0) is 10.4. The minimum Gasteiger partial charge on any atom is -0.264 e. The monoisotopic (exact) mass is 186 g/mol. The van der Waals surface area contributed by atoms with Crippen LogP contribution in [-0.4, -0.2) is 11.5 Å². The molecule has 0 heterocycles. The zero-order valence-electron chi connectivity index (χ0n) is 7.23. The summed E-state index contributed by atoms with van der Waals surface area (Å²) in [6, 6.07) is 8.69. The Kier molecular flexibility index (Phi) is 3.23. The Morgan fingerprint density at radius 3 is 2.57 bits per heavy atom. The molecule has 1 aromatic rings. The molecule has 4 heteroatoms. The lowest BCUT2D eigenvalue weighted by molar-refractivity contribution is -0.466. The van der Waals surface area contributed by atoms with Crippen molar-refractivity contribution in [2.45, 2.75) is 0 Å². The van der Waals surface area contributed by atoms with Crippen molar-refractivity contribution in [3.63, 3.8) is 0 Å². The smallest absolute Gasteiger partial charge is 0.263 e. The molecule has 1 rings (SSSR count). The Morgan fingerprint density at radius 2 is 2.00 bits per heavy atom. The lowest BCUT2D eigenvalue weighted by Gasteiger charge is -1.91. The molecule has 0 aromatic heterocycles. The lowest BCUT2D eigenvalue weighted by atomic mass is 10.1. The molecule has 0 fully saturated rings. The minimum atomic E-state index is -0.512. The highest BCUT2D eigenvalue weighted by molar-refractivity contribution is 5.47. The van der Waals surface area contributed by atoms with Crippen LogP contribution in [0.1, 0.15) is 11.1 Å². The third-order valence-electron chi connectivity index (χ3n) is 1.48. The first kappa shape index (κ1) is 9.76. The number of nitro groups is 1. The Bertz CT molecular complexity index is 449. The number of nitriles is 1. The quantitative estimate of drug-likeness (QED) is 0.376. The van der Waals surface area contributed by atoms with Crippen LogP contribution in [0.5, 0.6) is 0 Å². The molecule has 0 aliphatic heterocycles. The van der Waals surface area contributed by atoms with E-state index in [0.29, 0.717) is 11.1 Å². The topological polar surface area (TPSA) is 66.9 Å². The molecule has 1 aromatic carbocycles. The van der Waals surface area contributed by atoms with E-state index >= 15 is 0 Å². The summed E-state index contributed by atoms with van der Waals surface area (Å²) in [6.07, 6.45) is 0. The van der Waals surface area contributed by atoms with Gasteiger partial charge in [0.1, 0.15) is 6.07 Å². The second-order valence-corrected chi connectivity index (χ2v) is 2.45. The number of benzene rings is 1. The first-order valence-corrected chi connectivity index (χ1v) is 3.84. The molecule has 14 heavy (non-hydrogen) atoms. The van der Waals surface area contributed by atoms with Crippen LogP contribution >= 0.6 is 0 Å². The van der Waals surface area contributed by atoms with Gasteiger partial charge in [-0.3, -0.25) is 10.1 Å². The first-order valence-electron chi connectivity index (χ1n) is 3.84. The van der Waals surface area contributed by atoms with Crippen molar-refractivity contribution in [2.24, 2.45) is 0 Å². The molecule has 0 aliphatic rings. The summed E-state index contributed by atoms with van der Waals surface area (Å²) in [7, 11) is 0. The summed E-state index contributed by atoms with van der Waals surface area (Å²) < 4.78 is 0. The highest BCUT2D eigenvalue weighted by Crippen LogP contribution is 2.04. The van der Waals surface area contributed by atoms with Crippen molar-refractivity contribution in [2.75, 3.05) is 6.54 Å². The molecule has 0 unspecified atom stereocenters. The molecular weight excluding hydrogens is 180 g/mol. The van der Waals surface area contributed by atoms with Gasteiger partial charge in [0.05, 0.1) is 5.56 Å². The highest BCUT2D eigenvalue weighted by atomic mass is 16.6. The van der Waals surface area contributed by atoms with Gasteiger partial charge in [-0.1, -0.05) is 18.1 Å². The van der Waals surface area contributed by atoms with E-state index < -0.39 is 11.5 Å². The van der Waals surface area contributed by atoms with Crippen molar-refractivity contribution < 1.29 is 4.92 Å². The summed E-state index contributed by atoms with van der Waals surface area (Å²) in [4.78, 5) is 9.47. The molecule has 0 aliphatic carbocycles. The predicted molar refractivity (Wildman–Crippen MR) is 49.9 cm³/mol. The van der Waals surface area contributed by atoms with E-state index in [-0.39, 0.29) is 0 Å². The third-order valence-corrected chi connectivity index (χ3v) is 1.48. The highest BCUT2D eigenvalue weighted by Gasteiger charge is 1.95. The van der Waals surface area contributed by atoms with Crippen LogP contribution in [0.4, 0.5) is 0 Å². The molecule has 0 saturated carbocycles. The Morgan fingerprint density at radius 1 is 1.36 bits per heavy atom. The van der Waals surface area contributed by atoms with Gasteiger partial charge >= 0.3 is 0 Å². The van der Waals surface area contributed by atoms with Gasteiger partial charge in [-0.25, -0.2) is 0 Å². The summed E-state index contributed by atoms with van der Waals surface area (Å²) >= 11 is 0. The molecule has 0 amide bonds. The van der Waals surface area contributed by atoms with Crippen molar-refractivity contribution in [1.82, 2.24) is 0 Å². The molecule has 0 spiro atoms. The Balaban J connectivity index is 2.90. The van der Waals surface area contributed by atoms with E-state index in [4.69, 9.17) is 5.26 Å². The summed E-state index contributed by atoms with van der Waals surface area (Å²) in [5, 5.41) is 18.7. The van der Waals surface area contributed by atoms with Crippen molar-refractivity contribution >= 4 is 0 Å². The van der Waals surface area contributed by atoms with Crippen LogP contribution in [-0.2, 0) is 0 Å². The van der Waals surface area contributed by atoms with E-state index in [2.05, 4.69) is 11.8 Å². The third kappa shape index (κ3) is 2.62. The molecule has 0 atom stereocenters. The summed E-state index contributed by atoms with van der Waals surface area (Å²) in [5.41, 5.74) is 0.959. The maximum absolute atomic E-state index is 9.98. The molecule has 0 bridgehead atoms. The maximum Gasteiger partial charge on any atom is 0.263 e. The number of rotatable bonds is 1. The molecule has 68 valence electrons. The predicted octanol–water partition coefficient (Wildman–Crippen LogP) is 1.19. The first-order chi connectivity index (χ1) is 6.74. The summed E-state index contributed by atoms with van der Waals surface area (Å²) in [6.45, 7) is -0.403. The van der Waals surface area contributed by atoms with E-state index in [9.17, 15) is 10.1 Å². The number of hydrogen-bond acceptors (Lipinski definition) is 3. The zero-order valence-corrected chi connectivity index (χ0v) is 7.23. The van der Waals surface area contributed by atoms with Crippen LogP contribution in [0.25, 0.3) is 0 Å². The van der Waals surface area contributed by atoms with Gasteiger partial charge in [-0.15, -0.1) is 0 Å². The SMILES string of the molecule is N#Cc1ccccc1C#CC[N+](=O)[O-]. The van der Waals surface area contributed by atoms with Crippen molar-refractivity contribution in [3.05, 3.63) is 45.5 Å². The number of hydrogen-bond donors (Lipinski definition) is 0. The number of nitrogens with zero attached hydrogens (tertiary/aromatic N) is 2. The lowest BCUT2D eigenvalue weighted by Crippen LogP contribution is -1.96. The van der Waals surface area contributed by atoms with E-state index in [0.717, 1.165) is 0 Å². The average Bonchev–Trinajstić information content (AvgIpc) is 2.18. The molecule has 4 nitrogen and oxygen atoms in total. The van der Waals surface area contributed by atoms with E-state index in [1.807, 2.05) is 6.07 Å². The van der Waals surface area contributed by atoms with Gasteiger partial charge in [0.25, 0.3) is 6.54 Å². The van der Waals surface area contributed by atoms with Crippen molar-refractivity contribution in [3.8, 4) is 17.9 Å². The normalized spacial score (nSPS) is 8.21. The fraction of sp³-hybridized carbons (Fsp3) is 0.100. The van der Waals surface area contributed by atoms with Gasteiger partial charge in [0, 0.05) is 10.5 Å². The average molecular weight is 186 g/mol. The van der Waals surface area contributed by atoms with Crippen LogP contribution < -0.4 is 0 Å². The second kappa shape index (κ2) is 4.64. The van der Waals surface area contributed by atoms with Gasteiger partial charge in [-0.05, 0) is 18.1 Å². The maximum atomic E-state index is 9.98. The van der Waals surface area contributed by atoms with E-state index in [1.165, 1.54) is 0 Å². The Hall–Kier alpha value is -2.33. The van der Waals surface area contributed by atoms with Gasteiger partial charge in [-0.2, -0.15) is 5.26 Å². The fourth-order valence-electron chi connectivity index (χ4n) is 0.889. The largest absolute Gasteiger partial charge is 0.264 e. The second-order valence-electron chi connectivity index (χ2n) is 2.45. The van der Waals surface area contributed by atoms with E-state index in [1.54, 1.807) is 24.3 Å². The fourth-order valence-corrected chi connectivity index (χ4v) is 0.889.